The Labute approximate surface area is 144 Å². The second-order valence-corrected chi connectivity index (χ2v) is 5.89. The van der Waals surface area contributed by atoms with Gasteiger partial charge in [-0.3, -0.25) is 4.79 Å². The average molecular weight is 353 g/mol. The predicted molar refractivity (Wildman–Crippen MR) is 88.7 cm³/mol. The van der Waals surface area contributed by atoms with E-state index in [1.54, 1.807) is 31.2 Å². The molecule has 0 radical (unpaired) electrons. The van der Waals surface area contributed by atoms with Crippen molar-refractivity contribution in [1.29, 1.82) is 0 Å². The molecule has 0 fully saturated rings. The van der Waals surface area contributed by atoms with Crippen molar-refractivity contribution in [3.05, 3.63) is 58.9 Å². The maximum absolute atomic E-state index is 13.7. The fraction of sp³-hybridized carbons (Fsp3) is 0.278. The maximum Gasteiger partial charge on any atom is 0.309 e. The van der Waals surface area contributed by atoms with Gasteiger partial charge in [0, 0.05) is 5.02 Å². The Morgan fingerprint density at radius 2 is 1.92 bits per heavy atom. The second-order valence-electron chi connectivity index (χ2n) is 5.46. The first-order chi connectivity index (χ1) is 11.3. The van der Waals surface area contributed by atoms with Crippen LogP contribution < -0.4 is 4.74 Å². The molecular formula is C18H18ClFO4. The van der Waals surface area contributed by atoms with Crippen LogP contribution in [-0.4, -0.2) is 17.7 Å². The number of benzene rings is 2. The van der Waals surface area contributed by atoms with Crippen LogP contribution in [0.25, 0.3) is 0 Å². The van der Waals surface area contributed by atoms with E-state index in [2.05, 4.69) is 0 Å². The van der Waals surface area contributed by atoms with Crippen molar-refractivity contribution < 1.29 is 23.8 Å². The van der Waals surface area contributed by atoms with Gasteiger partial charge in [-0.2, -0.15) is 0 Å². The van der Waals surface area contributed by atoms with Crippen LogP contribution in [-0.2, 0) is 15.1 Å². The van der Waals surface area contributed by atoms with Crippen LogP contribution in [0.3, 0.4) is 0 Å². The van der Waals surface area contributed by atoms with Crippen molar-refractivity contribution in [1.82, 2.24) is 0 Å². The monoisotopic (exact) mass is 352 g/mol. The topological polar surface area (TPSA) is 55.8 Å². The zero-order valence-corrected chi connectivity index (χ0v) is 14.1. The molecule has 6 heteroatoms. The molecule has 0 aliphatic carbocycles. The van der Waals surface area contributed by atoms with Gasteiger partial charge >= 0.3 is 5.97 Å². The fourth-order valence-electron chi connectivity index (χ4n) is 2.16. The van der Waals surface area contributed by atoms with Gasteiger partial charge in [-0.15, -0.1) is 0 Å². The van der Waals surface area contributed by atoms with Crippen LogP contribution in [0.4, 0.5) is 4.39 Å². The van der Waals surface area contributed by atoms with E-state index < -0.39 is 17.4 Å². The number of hydrogen-bond donors (Lipinski definition) is 1. The Morgan fingerprint density at radius 1 is 1.25 bits per heavy atom. The minimum absolute atomic E-state index is 0.0467. The normalized spacial score (nSPS) is 13.2. The minimum atomic E-state index is -1.36. The summed E-state index contributed by atoms with van der Waals surface area (Å²) in [6, 6.07) is 10.5. The van der Waals surface area contributed by atoms with E-state index in [4.69, 9.17) is 21.1 Å². The van der Waals surface area contributed by atoms with E-state index in [-0.39, 0.29) is 23.8 Å². The highest BCUT2D eigenvalue weighted by molar-refractivity contribution is 6.30. The van der Waals surface area contributed by atoms with Crippen molar-refractivity contribution >= 4 is 17.6 Å². The molecule has 0 amide bonds. The van der Waals surface area contributed by atoms with Gasteiger partial charge in [-0.25, -0.2) is 4.39 Å². The van der Waals surface area contributed by atoms with Gasteiger partial charge in [0.05, 0.1) is 18.6 Å². The summed E-state index contributed by atoms with van der Waals surface area (Å²) in [4.78, 5) is 11.5. The summed E-state index contributed by atoms with van der Waals surface area (Å²) in [5.41, 5.74) is -0.837. The highest BCUT2D eigenvalue weighted by Gasteiger charge is 2.27. The van der Waals surface area contributed by atoms with E-state index in [9.17, 15) is 14.3 Å². The Hall–Kier alpha value is -2.11. The molecule has 1 atom stereocenters. The second kappa shape index (κ2) is 7.64. The highest BCUT2D eigenvalue weighted by Crippen LogP contribution is 2.30. The van der Waals surface area contributed by atoms with E-state index in [0.29, 0.717) is 11.3 Å². The number of carbonyl (C=O) groups is 1. The molecule has 2 rings (SSSR count). The Bertz CT molecular complexity index is 713. The number of carbonyl (C=O) groups excluding carboxylic acids is 1. The van der Waals surface area contributed by atoms with Crippen LogP contribution in [0.2, 0.25) is 5.02 Å². The third kappa shape index (κ3) is 4.69. The first-order valence-electron chi connectivity index (χ1n) is 7.43. The van der Waals surface area contributed by atoms with Crippen molar-refractivity contribution in [3.8, 4) is 11.5 Å². The summed E-state index contributed by atoms with van der Waals surface area (Å²) in [5.74, 6) is -0.607. The van der Waals surface area contributed by atoms with Gasteiger partial charge in [0.1, 0.15) is 5.75 Å². The van der Waals surface area contributed by atoms with E-state index in [0.717, 1.165) is 6.07 Å². The van der Waals surface area contributed by atoms with Gasteiger partial charge in [-0.1, -0.05) is 23.7 Å². The Kier molecular flexibility index (Phi) is 5.80. The van der Waals surface area contributed by atoms with E-state index >= 15 is 0 Å². The quantitative estimate of drug-likeness (QED) is 0.781. The predicted octanol–water partition coefficient (Wildman–Crippen LogP) is 4.43. The number of aliphatic hydroxyl groups is 1. The minimum Gasteiger partial charge on any atom is -0.466 e. The van der Waals surface area contributed by atoms with Gasteiger partial charge in [0.15, 0.2) is 11.6 Å². The summed E-state index contributed by atoms with van der Waals surface area (Å²) in [5, 5.41) is 10.7. The zero-order chi connectivity index (χ0) is 17.7. The summed E-state index contributed by atoms with van der Waals surface area (Å²) >= 11 is 5.69. The number of rotatable bonds is 6. The standard InChI is InChI=1S/C18H18ClFO4/c1-3-23-17(21)11-18(2,22)12-4-7-14(8-5-12)24-16-9-6-13(19)10-15(16)20/h4-10,22H,3,11H2,1-2H3. The third-order valence-corrected chi connectivity index (χ3v) is 3.63. The lowest BCUT2D eigenvalue weighted by Gasteiger charge is -2.23. The summed E-state index contributed by atoms with van der Waals surface area (Å²) in [6.45, 7) is 3.49. The lowest BCUT2D eigenvalue weighted by Crippen LogP contribution is -2.26. The molecule has 0 aliphatic heterocycles. The molecule has 1 unspecified atom stereocenters. The van der Waals surface area contributed by atoms with Crippen molar-refractivity contribution in [2.24, 2.45) is 0 Å². The molecule has 0 aromatic heterocycles. The Balaban J connectivity index is 2.11. The molecular weight excluding hydrogens is 335 g/mol. The summed E-state index contributed by atoms with van der Waals surface area (Å²) in [7, 11) is 0. The number of hydrogen-bond acceptors (Lipinski definition) is 4. The van der Waals surface area contributed by atoms with Crippen LogP contribution in [0, 0.1) is 5.82 Å². The molecule has 0 saturated carbocycles. The largest absolute Gasteiger partial charge is 0.466 e. The van der Waals surface area contributed by atoms with Gasteiger partial charge < -0.3 is 14.6 Å². The Morgan fingerprint density at radius 3 is 2.50 bits per heavy atom. The van der Waals surface area contributed by atoms with Gasteiger partial charge in [0.25, 0.3) is 0 Å². The van der Waals surface area contributed by atoms with Gasteiger partial charge in [-0.05, 0) is 49.7 Å². The first kappa shape index (κ1) is 18.2. The molecule has 0 bridgehead atoms. The van der Waals surface area contributed by atoms with Crippen LogP contribution >= 0.6 is 11.6 Å². The summed E-state index contributed by atoms with van der Waals surface area (Å²) in [6.07, 6.45) is -0.160. The molecule has 2 aromatic carbocycles. The first-order valence-corrected chi connectivity index (χ1v) is 7.81. The summed E-state index contributed by atoms with van der Waals surface area (Å²) < 4.78 is 24.0. The van der Waals surface area contributed by atoms with Crippen LogP contribution in [0.15, 0.2) is 42.5 Å². The number of esters is 1. The van der Waals surface area contributed by atoms with E-state index in [1.807, 2.05) is 0 Å². The molecule has 0 heterocycles. The molecule has 1 N–H and O–H groups in total. The lowest BCUT2D eigenvalue weighted by atomic mass is 9.92. The highest BCUT2D eigenvalue weighted by atomic mass is 35.5. The van der Waals surface area contributed by atoms with Crippen molar-refractivity contribution in [2.75, 3.05) is 6.61 Å². The molecule has 0 aliphatic rings. The molecule has 0 spiro atoms. The van der Waals surface area contributed by atoms with Crippen LogP contribution in [0.5, 0.6) is 11.5 Å². The molecule has 0 saturated heterocycles. The van der Waals surface area contributed by atoms with Gasteiger partial charge in [0.2, 0.25) is 0 Å². The SMILES string of the molecule is CCOC(=O)CC(C)(O)c1ccc(Oc2ccc(Cl)cc2F)cc1. The van der Waals surface area contributed by atoms with Crippen molar-refractivity contribution in [3.63, 3.8) is 0 Å². The van der Waals surface area contributed by atoms with E-state index in [1.165, 1.54) is 19.1 Å². The molecule has 128 valence electrons. The zero-order valence-electron chi connectivity index (χ0n) is 13.4. The number of halogens is 2. The smallest absolute Gasteiger partial charge is 0.309 e. The van der Waals surface area contributed by atoms with Crippen molar-refractivity contribution in [2.45, 2.75) is 25.9 Å². The number of ether oxygens (including phenoxy) is 2. The molecule has 24 heavy (non-hydrogen) atoms. The molecule has 2 aromatic rings. The lowest BCUT2D eigenvalue weighted by molar-refractivity contribution is -0.148. The third-order valence-electron chi connectivity index (χ3n) is 3.39. The fourth-order valence-corrected chi connectivity index (χ4v) is 2.32. The maximum atomic E-state index is 13.7. The molecule has 4 nitrogen and oxygen atoms in total. The van der Waals surface area contributed by atoms with Crippen LogP contribution in [0.1, 0.15) is 25.8 Å². The average Bonchev–Trinajstić information content (AvgIpc) is 2.50.